The largest absolute Gasteiger partial charge is 0.493 e. The second-order valence-corrected chi connectivity index (χ2v) is 8.63. The summed E-state index contributed by atoms with van der Waals surface area (Å²) in [4.78, 5) is 7.22. The van der Waals surface area contributed by atoms with E-state index in [1.54, 1.807) is 14.2 Å². The Balaban J connectivity index is 1.43. The van der Waals surface area contributed by atoms with Gasteiger partial charge in [0.25, 0.3) is 0 Å². The van der Waals surface area contributed by atoms with Crippen LogP contribution in [0.5, 0.6) is 11.5 Å². The van der Waals surface area contributed by atoms with E-state index in [1.165, 1.54) is 25.0 Å². The van der Waals surface area contributed by atoms with Crippen molar-refractivity contribution in [2.24, 2.45) is 5.92 Å². The average molecular weight is 438 g/mol. The number of benzene rings is 2. The number of para-hydroxylation sites is 1. The van der Waals surface area contributed by atoms with Gasteiger partial charge in [0.15, 0.2) is 11.5 Å². The molecular formula is C26H32FN3O2. The third-order valence-corrected chi connectivity index (χ3v) is 6.34. The Morgan fingerprint density at radius 3 is 2.62 bits per heavy atom. The molecule has 1 aliphatic rings. The number of halogens is 1. The molecule has 0 aliphatic carbocycles. The number of imidazole rings is 1. The van der Waals surface area contributed by atoms with Crippen LogP contribution >= 0.6 is 0 Å². The van der Waals surface area contributed by atoms with Crippen LogP contribution in [0, 0.1) is 18.7 Å². The molecular weight excluding hydrogens is 405 g/mol. The SMILES string of the molecule is COc1cccc(CN2CCCC(Cc3ncc(C)n3Cc3ccc(F)cc3)C2)c1OC. The lowest BCUT2D eigenvalue weighted by Crippen LogP contribution is -2.36. The first-order chi connectivity index (χ1) is 15.6. The molecule has 0 bridgehead atoms. The Morgan fingerprint density at radius 2 is 1.88 bits per heavy atom. The predicted octanol–water partition coefficient (Wildman–Crippen LogP) is 4.85. The van der Waals surface area contributed by atoms with Gasteiger partial charge < -0.3 is 14.0 Å². The van der Waals surface area contributed by atoms with E-state index in [2.05, 4.69) is 22.5 Å². The first-order valence-electron chi connectivity index (χ1n) is 11.2. The molecule has 1 aliphatic heterocycles. The van der Waals surface area contributed by atoms with E-state index in [1.807, 2.05) is 30.5 Å². The molecule has 0 amide bonds. The summed E-state index contributed by atoms with van der Waals surface area (Å²) in [6.45, 7) is 5.77. The van der Waals surface area contributed by atoms with Crippen LogP contribution in [-0.2, 0) is 19.5 Å². The van der Waals surface area contributed by atoms with Gasteiger partial charge >= 0.3 is 0 Å². The summed E-state index contributed by atoms with van der Waals surface area (Å²) < 4.78 is 26.6. The minimum Gasteiger partial charge on any atom is -0.493 e. The second kappa shape index (κ2) is 10.2. The molecule has 3 aromatic rings. The summed E-state index contributed by atoms with van der Waals surface area (Å²) in [6, 6.07) is 12.8. The molecule has 170 valence electrons. The molecule has 1 atom stereocenters. The van der Waals surface area contributed by atoms with Crippen molar-refractivity contribution in [3.05, 3.63) is 77.1 Å². The van der Waals surface area contributed by atoms with Gasteiger partial charge in [-0.25, -0.2) is 9.37 Å². The molecule has 32 heavy (non-hydrogen) atoms. The Bertz CT molecular complexity index is 1030. The monoisotopic (exact) mass is 437 g/mol. The van der Waals surface area contributed by atoms with Crippen LogP contribution in [0.1, 0.15) is 35.5 Å². The van der Waals surface area contributed by atoms with Gasteiger partial charge in [0.1, 0.15) is 11.6 Å². The summed E-state index contributed by atoms with van der Waals surface area (Å²) in [5.41, 5.74) is 3.38. The van der Waals surface area contributed by atoms with Crippen LogP contribution in [0.3, 0.4) is 0 Å². The summed E-state index contributed by atoms with van der Waals surface area (Å²) in [7, 11) is 3.37. The maximum absolute atomic E-state index is 13.3. The smallest absolute Gasteiger partial charge is 0.165 e. The number of piperidine rings is 1. The zero-order valence-corrected chi connectivity index (χ0v) is 19.2. The first kappa shape index (κ1) is 22.3. The van der Waals surface area contributed by atoms with E-state index < -0.39 is 0 Å². The molecule has 0 spiro atoms. The Hall–Kier alpha value is -2.86. The fourth-order valence-electron chi connectivity index (χ4n) is 4.70. The Labute approximate surface area is 189 Å². The number of ether oxygens (including phenoxy) is 2. The molecule has 6 heteroatoms. The van der Waals surface area contributed by atoms with E-state index >= 15 is 0 Å². The molecule has 1 unspecified atom stereocenters. The lowest BCUT2D eigenvalue weighted by atomic mass is 9.94. The van der Waals surface area contributed by atoms with E-state index in [9.17, 15) is 4.39 Å². The van der Waals surface area contributed by atoms with Crippen LogP contribution in [0.15, 0.2) is 48.7 Å². The lowest BCUT2D eigenvalue weighted by Gasteiger charge is -2.33. The van der Waals surface area contributed by atoms with Crippen molar-refractivity contribution in [1.82, 2.24) is 14.5 Å². The molecule has 0 saturated carbocycles. The number of aromatic nitrogens is 2. The highest BCUT2D eigenvalue weighted by Gasteiger charge is 2.23. The molecule has 1 aromatic heterocycles. The van der Waals surface area contributed by atoms with Crippen LogP contribution in [0.2, 0.25) is 0 Å². The lowest BCUT2D eigenvalue weighted by molar-refractivity contribution is 0.163. The standard InChI is InChI=1S/C26H32FN3O2/c1-19-15-28-25(30(19)17-20-9-11-23(27)12-10-20)14-21-6-5-13-29(16-21)18-22-7-4-8-24(31-2)26(22)32-3/h4,7-12,15,21H,5-6,13-14,16-18H2,1-3H3. The molecule has 2 aromatic carbocycles. The topological polar surface area (TPSA) is 39.5 Å². The number of hydrogen-bond donors (Lipinski definition) is 0. The molecule has 5 nitrogen and oxygen atoms in total. The van der Waals surface area contributed by atoms with Gasteiger partial charge in [-0.05, 0) is 56.0 Å². The van der Waals surface area contributed by atoms with Crippen molar-refractivity contribution in [3.8, 4) is 11.5 Å². The second-order valence-electron chi connectivity index (χ2n) is 8.63. The van der Waals surface area contributed by atoms with Gasteiger partial charge in [0.2, 0.25) is 0 Å². The zero-order valence-electron chi connectivity index (χ0n) is 19.2. The fraction of sp³-hybridized carbons (Fsp3) is 0.423. The highest BCUT2D eigenvalue weighted by Crippen LogP contribution is 2.32. The minimum atomic E-state index is -0.203. The van der Waals surface area contributed by atoms with Crippen LogP contribution in [-0.4, -0.2) is 41.8 Å². The molecule has 1 fully saturated rings. The first-order valence-corrected chi connectivity index (χ1v) is 11.2. The van der Waals surface area contributed by atoms with E-state index in [0.29, 0.717) is 5.92 Å². The number of methoxy groups -OCH3 is 2. The molecule has 0 radical (unpaired) electrons. The van der Waals surface area contributed by atoms with Gasteiger partial charge in [-0.15, -0.1) is 0 Å². The average Bonchev–Trinajstić information content (AvgIpc) is 3.14. The van der Waals surface area contributed by atoms with Gasteiger partial charge in [0.05, 0.1) is 14.2 Å². The number of hydrogen-bond acceptors (Lipinski definition) is 4. The maximum Gasteiger partial charge on any atom is 0.165 e. The predicted molar refractivity (Wildman–Crippen MR) is 124 cm³/mol. The van der Waals surface area contributed by atoms with E-state index in [0.717, 1.165) is 66.7 Å². The fourth-order valence-corrected chi connectivity index (χ4v) is 4.70. The number of aryl methyl sites for hydroxylation is 1. The van der Waals surface area contributed by atoms with Crippen molar-refractivity contribution >= 4 is 0 Å². The molecule has 4 rings (SSSR count). The zero-order chi connectivity index (χ0) is 22.5. The van der Waals surface area contributed by atoms with Crippen molar-refractivity contribution < 1.29 is 13.9 Å². The number of rotatable bonds is 8. The normalized spacial score (nSPS) is 16.8. The van der Waals surface area contributed by atoms with Gasteiger partial charge in [0, 0.05) is 43.5 Å². The van der Waals surface area contributed by atoms with Crippen LogP contribution in [0.25, 0.3) is 0 Å². The van der Waals surface area contributed by atoms with Gasteiger partial charge in [-0.1, -0.05) is 24.3 Å². The Kier molecular flexibility index (Phi) is 7.10. The maximum atomic E-state index is 13.3. The highest BCUT2D eigenvalue weighted by atomic mass is 19.1. The molecule has 2 heterocycles. The quantitative estimate of drug-likeness (QED) is 0.505. The van der Waals surface area contributed by atoms with Gasteiger partial charge in [-0.2, -0.15) is 0 Å². The van der Waals surface area contributed by atoms with E-state index in [-0.39, 0.29) is 5.82 Å². The van der Waals surface area contributed by atoms with Crippen LogP contribution in [0.4, 0.5) is 4.39 Å². The van der Waals surface area contributed by atoms with Crippen molar-refractivity contribution in [2.75, 3.05) is 27.3 Å². The van der Waals surface area contributed by atoms with Crippen LogP contribution < -0.4 is 9.47 Å². The highest BCUT2D eigenvalue weighted by molar-refractivity contribution is 5.46. The molecule has 0 N–H and O–H groups in total. The number of likely N-dealkylation sites (tertiary alicyclic amines) is 1. The summed E-state index contributed by atoms with van der Waals surface area (Å²) in [6.07, 6.45) is 5.27. The van der Waals surface area contributed by atoms with Gasteiger partial charge in [-0.3, -0.25) is 4.90 Å². The summed E-state index contributed by atoms with van der Waals surface area (Å²) in [5.74, 6) is 3.05. The van der Waals surface area contributed by atoms with Crippen molar-refractivity contribution in [1.29, 1.82) is 0 Å². The molecule has 1 saturated heterocycles. The van der Waals surface area contributed by atoms with E-state index in [4.69, 9.17) is 14.5 Å². The Morgan fingerprint density at radius 1 is 1.06 bits per heavy atom. The number of nitrogens with zero attached hydrogens (tertiary/aromatic N) is 3. The third kappa shape index (κ3) is 5.13. The van der Waals surface area contributed by atoms with Crippen molar-refractivity contribution in [2.45, 2.75) is 39.3 Å². The minimum absolute atomic E-state index is 0.203. The summed E-state index contributed by atoms with van der Waals surface area (Å²) in [5, 5.41) is 0. The van der Waals surface area contributed by atoms with Crippen molar-refractivity contribution in [3.63, 3.8) is 0 Å². The third-order valence-electron chi connectivity index (χ3n) is 6.34. The summed E-state index contributed by atoms with van der Waals surface area (Å²) >= 11 is 0.